The third-order valence-corrected chi connectivity index (χ3v) is 2.42. The van der Waals surface area contributed by atoms with Gasteiger partial charge in [-0.2, -0.15) is 0 Å². The molecule has 0 aliphatic carbocycles. The second-order valence-corrected chi connectivity index (χ2v) is 4.11. The summed E-state index contributed by atoms with van der Waals surface area (Å²) in [5.74, 6) is -3.06. The molecule has 1 aromatic carbocycles. The van der Waals surface area contributed by atoms with Crippen molar-refractivity contribution in [3.8, 4) is 0 Å². The number of amides is 4. The molecule has 1 rings (SSSR count). The molecule has 0 spiro atoms. The van der Waals surface area contributed by atoms with Crippen LogP contribution >= 0.6 is 0 Å². The highest BCUT2D eigenvalue weighted by atomic mass is 16.2. The second kappa shape index (κ2) is 7.63. The molecule has 0 fully saturated rings. The summed E-state index contributed by atoms with van der Waals surface area (Å²) in [6.07, 6.45) is 0. The van der Waals surface area contributed by atoms with E-state index in [4.69, 9.17) is 5.73 Å². The Morgan fingerprint density at radius 3 is 2.24 bits per heavy atom. The third-order valence-electron chi connectivity index (χ3n) is 2.42. The van der Waals surface area contributed by atoms with Crippen LogP contribution in [-0.4, -0.2) is 36.7 Å². The van der Waals surface area contributed by atoms with E-state index in [9.17, 15) is 19.2 Å². The highest BCUT2D eigenvalue weighted by Gasteiger charge is 2.18. The lowest BCUT2D eigenvalue weighted by molar-refractivity contribution is -0.138. The van der Waals surface area contributed by atoms with E-state index in [1.54, 1.807) is 12.1 Å². The first kappa shape index (κ1) is 16.2. The fourth-order valence-corrected chi connectivity index (χ4v) is 1.43. The summed E-state index contributed by atoms with van der Waals surface area (Å²) >= 11 is 0. The molecular weight excluding hydrogens is 276 g/mol. The SMILES string of the molecule is CC(=O)NCCNC(=O)C(=O)NC(=O)c1ccccc1N. The molecule has 8 heteroatoms. The first-order chi connectivity index (χ1) is 9.91. The quantitative estimate of drug-likeness (QED) is 0.314. The lowest BCUT2D eigenvalue weighted by Gasteiger charge is -2.07. The Bertz CT molecular complexity index is 571. The number of nitrogen functional groups attached to an aromatic ring is 1. The van der Waals surface area contributed by atoms with Crippen LogP contribution in [0, 0.1) is 0 Å². The van der Waals surface area contributed by atoms with E-state index in [0.717, 1.165) is 0 Å². The fourth-order valence-electron chi connectivity index (χ4n) is 1.43. The van der Waals surface area contributed by atoms with E-state index < -0.39 is 17.7 Å². The zero-order valence-corrected chi connectivity index (χ0v) is 11.4. The zero-order valence-electron chi connectivity index (χ0n) is 11.4. The summed E-state index contributed by atoms with van der Waals surface area (Å²) in [7, 11) is 0. The van der Waals surface area contributed by atoms with Crippen LogP contribution in [0.15, 0.2) is 24.3 Å². The van der Waals surface area contributed by atoms with Crippen molar-refractivity contribution in [2.45, 2.75) is 6.92 Å². The second-order valence-electron chi connectivity index (χ2n) is 4.11. The average Bonchev–Trinajstić information content (AvgIpc) is 2.43. The van der Waals surface area contributed by atoms with Crippen molar-refractivity contribution < 1.29 is 19.2 Å². The van der Waals surface area contributed by atoms with Crippen molar-refractivity contribution in [1.29, 1.82) is 0 Å². The van der Waals surface area contributed by atoms with Gasteiger partial charge in [-0.05, 0) is 12.1 Å². The fraction of sp³-hybridized carbons (Fsp3) is 0.231. The Kier molecular flexibility index (Phi) is 5.87. The normalized spacial score (nSPS) is 9.57. The van der Waals surface area contributed by atoms with Gasteiger partial charge in [-0.1, -0.05) is 12.1 Å². The van der Waals surface area contributed by atoms with E-state index >= 15 is 0 Å². The Hall–Kier alpha value is -2.90. The van der Waals surface area contributed by atoms with Gasteiger partial charge in [0.05, 0.1) is 5.56 Å². The van der Waals surface area contributed by atoms with Gasteiger partial charge in [0.2, 0.25) is 5.91 Å². The van der Waals surface area contributed by atoms with Crippen LogP contribution in [0.5, 0.6) is 0 Å². The molecule has 21 heavy (non-hydrogen) atoms. The molecular formula is C13H16N4O4. The Labute approximate surface area is 121 Å². The molecule has 0 saturated carbocycles. The number of hydrogen-bond acceptors (Lipinski definition) is 5. The number of benzene rings is 1. The van der Waals surface area contributed by atoms with Crippen molar-refractivity contribution in [2.24, 2.45) is 0 Å². The van der Waals surface area contributed by atoms with Gasteiger partial charge in [0, 0.05) is 25.7 Å². The summed E-state index contributed by atoms with van der Waals surface area (Å²) in [6.45, 7) is 1.60. The van der Waals surface area contributed by atoms with Crippen molar-refractivity contribution >= 4 is 29.3 Å². The smallest absolute Gasteiger partial charge is 0.316 e. The molecule has 8 nitrogen and oxygen atoms in total. The number of carbonyl (C=O) groups excluding carboxylic acids is 4. The van der Waals surface area contributed by atoms with Crippen molar-refractivity contribution in [3.63, 3.8) is 0 Å². The van der Waals surface area contributed by atoms with E-state index in [1.165, 1.54) is 19.1 Å². The van der Waals surface area contributed by atoms with Gasteiger partial charge in [0.25, 0.3) is 5.91 Å². The number of para-hydroxylation sites is 1. The minimum atomic E-state index is -1.09. The van der Waals surface area contributed by atoms with Crippen molar-refractivity contribution in [3.05, 3.63) is 29.8 Å². The first-order valence-electron chi connectivity index (χ1n) is 6.14. The molecule has 0 atom stereocenters. The number of imide groups is 1. The number of carbonyl (C=O) groups is 4. The molecule has 1 aromatic rings. The summed E-state index contributed by atoms with van der Waals surface area (Å²) in [6, 6.07) is 6.17. The van der Waals surface area contributed by atoms with Gasteiger partial charge in [0.15, 0.2) is 0 Å². The molecule has 0 saturated heterocycles. The summed E-state index contributed by atoms with van der Waals surface area (Å²) in [5.41, 5.74) is 5.90. The predicted molar refractivity (Wildman–Crippen MR) is 75.0 cm³/mol. The minimum absolute atomic E-state index is 0.0769. The third kappa shape index (κ3) is 5.31. The number of anilines is 1. The lowest BCUT2D eigenvalue weighted by atomic mass is 10.1. The zero-order chi connectivity index (χ0) is 15.8. The van der Waals surface area contributed by atoms with Gasteiger partial charge >= 0.3 is 11.8 Å². The first-order valence-corrected chi connectivity index (χ1v) is 6.14. The maximum atomic E-state index is 11.8. The number of nitrogens with two attached hydrogens (primary N) is 1. The van der Waals surface area contributed by atoms with Crippen LogP contribution < -0.4 is 21.7 Å². The van der Waals surface area contributed by atoms with Crippen LogP contribution in [0.3, 0.4) is 0 Å². The molecule has 0 radical (unpaired) electrons. The number of rotatable bonds is 4. The summed E-state index contributed by atoms with van der Waals surface area (Å²) in [4.78, 5) is 45.3. The predicted octanol–water partition coefficient (Wildman–Crippen LogP) is -1.22. The van der Waals surface area contributed by atoms with Gasteiger partial charge in [-0.3, -0.25) is 24.5 Å². The topological polar surface area (TPSA) is 130 Å². The maximum absolute atomic E-state index is 11.8. The van der Waals surface area contributed by atoms with Gasteiger partial charge in [-0.25, -0.2) is 0 Å². The monoisotopic (exact) mass is 292 g/mol. The molecule has 5 N–H and O–H groups in total. The Balaban J connectivity index is 2.45. The number of hydrogen-bond donors (Lipinski definition) is 4. The Morgan fingerprint density at radius 1 is 1.00 bits per heavy atom. The standard InChI is InChI=1S/C13H16N4O4/c1-8(18)15-6-7-16-12(20)13(21)17-11(19)9-4-2-3-5-10(9)14/h2-5H,6-7,14H2,1H3,(H,15,18)(H,16,20)(H,17,19,21). The van der Waals surface area contributed by atoms with Crippen LogP contribution in [0.1, 0.15) is 17.3 Å². The van der Waals surface area contributed by atoms with Crippen molar-refractivity contribution in [1.82, 2.24) is 16.0 Å². The molecule has 0 bridgehead atoms. The van der Waals surface area contributed by atoms with Crippen LogP contribution in [-0.2, 0) is 14.4 Å². The van der Waals surface area contributed by atoms with Crippen LogP contribution in [0.2, 0.25) is 0 Å². The van der Waals surface area contributed by atoms with E-state index in [2.05, 4.69) is 10.6 Å². The summed E-state index contributed by atoms with van der Waals surface area (Å²) < 4.78 is 0. The molecule has 112 valence electrons. The van der Waals surface area contributed by atoms with Gasteiger partial charge in [-0.15, -0.1) is 0 Å². The van der Waals surface area contributed by atoms with Gasteiger partial charge < -0.3 is 16.4 Å². The average molecular weight is 292 g/mol. The van der Waals surface area contributed by atoms with Crippen LogP contribution in [0.4, 0.5) is 5.69 Å². The molecule has 0 aliphatic rings. The summed E-state index contributed by atoms with van der Waals surface area (Å²) in [5, 5.41) is 6.63. The highest BCUT2D eigenvalue weighted by Crippen LogP contribution is 2.09. The number of nitrogens with one attached hydrogen (secondary N) is 3. The molecule has 0 heterocycles. The van der Waals surface area contributed by atoms with Crippen LogP contribution in [0.25, 0.3) is 0 Å². The largest absolute Gasteiger partial charge is 0.398 e. The van der Waals surface area contributed by atoms with E-state index in [-0.39, 0.29) is 30.2 Å². The van der Waals surface area contributed by atoms with Crippen molar-refractivity contribution in [2.75, 3.05) is 18.8 Å². The molecule has 0 aliphatic heterocycles. The maximum Gasteiger partial charge on any atom is 0.316 e. The van der Waals surface area contributed by atoms with E-state index in [1.807, 2.05) is 5.32 Å². The minimum Gasteiger partial charge on any atom is -0.398 e. The molecule has 0 aromatic heterocycles. The molecule has 0 unspecified atom stereocenters. The molecule has 4 amide bonds. The lowest BCUT2D eigenvalue weighted by Crippen LogP contribution is -2.44. The highest BCUT2D eigenvalue weighted by molar-refractivity contribution is 6.38. The van der Waals surface area contributed by atoms with Gasteiger partial charge in [0.1, 0.15) is 0 Å². The Morgan fingerprint density at radius 2 is 1.62 bits per heavy atom. The van der Waals surface area contributed by atoms with E-state index in [0.29, 0.717) is 0 Å².